The summed E-state index contributed by atoms with van der Waals surface area (Å²) in [7, 11) is 1.78. The Labute approximate surface area is 178 Å². The van der Waals surface area contributed by atoms with Crippen molar-refractivity contribution < 1.29 is 4.74 Å². The predicted octanol–water partition coefficient (Wildman–Crippen LogP) is 4.40. The van der Waals surface area contributed by atoms with Crippen LogP contribution in [0.5, 0.6) is 0 Å². The van der Waals surface area contributed by atoms with Crippen LogP contribution in [0.4, 0.5) is 0 Å². The molecule has 0 radical (unpaired) electrons. The highest BCUT2D eigenvalue weighted by Crippen LogP contribution is 2.10. The zero-order chi connectivity index (χ0) is 17.9. The molecule has 0 aliphatic rings. The summed E-state index contributed by atoms with van der Waals surface area (Å²) in [4.78, 5) is 4.26. The molecule has 2 N–H and O–H groups in total. The monoisotopic (exact) mass is 487 g/mol. The second-order valence-corrected chi connectivity index (χ2v) is 6.12. The number of ether oxygens (including phenoxy) is 1. The van der Waals surface area contributed by atoms with Crippen molar-refractivity contribution in [3.63, 3.8) is 0 Å². The summed E-state index contributed by atoms with van der Waals surface area (Å²) in [6.45, 7) is 4.93. The highest BCUT2D eigenvalue weighted by atomic mass is 127. The van der Waals surface area contributed by atoms with Crippen LogP contribution in [0, 0.1) is 0 Å². The molecule has 0 aliphatic heterocycles. The molecule has 0 amide bonds. The lowest BCUT2D eigenvalue weighted by atomic mass is 10.1. The summed E-state index contributed by atoms with van der Waals surface area (Å²) < 4.78 is 5.41. The first kappa shape index (κ1) is 22.7. The summed E-state index contributed by atoms with van der Waals surface area (Å²) in [5.41, 5.74) is 3.60. The Bertz CT molecular complexity index is 677. The Morgan fingerprint density at radius 2 is 1.77 bits per heavy atom. The van der Waals surface area contributed by atoms with Crippen LogP contribution in [0.15, 0.2) is 53.5 Å². The highest BCUT2D eigenvalue weighted by Gasteiger charge is 2.00. The first-order valence-corrected chi connectivity index (χ1v) is 8.93. The number of nitrogens with one attached hydrogen (secondary N) is 2. The van der Waals surface area contributed by atoms with E-state index >= 15 is 0 Å². The Morgan fingerprint density at radius 1 is 1.04 bits per heavy atom. The molecule has 0 heterocycles. The third kappa shape index (κ3) is 8.38. The van der Waals surface area contributed by atoms with Crippen LogP contribution >= 0.6 is 35.6 Å². The number of rotatable bonds is 8. The average Bonchev–Trinajstić information content (AvgIpc) is 2.63. The number of hydrogen-bond donors (Lipinski definition) is 2. The van der Waals surface area contributed by atoms with E-state index in [1.54, 1.807) is 7.05 Å². The quantitative estimate of drug-likeness (QED) is 0.330. The van der Waals surface area contributed by atoms with Gasteiger partial charge in [-0.15, -0.1) is 24.0 Å². The maximum absolute atomic E-state index is 6.01. The van der Waals surface area contributed by atoms with Gasteiger partial charge in [-0.2, -0.15) is 0 Å². The fraction of sp³-hybridized carbons (Fsp3) is 0.350. The van der Waals surface area contributed by atoms with Crippen LogP contribution in [0.3, 0.4) is 0 Å². The minimum absolute atomic E-state index is 0. The van der Waals surface area contributed by atoms with Crippen molar-refractivity contribution in [3.8, 4) is 0 Å². The highest BCUT2D eigenvalue weighted by molar-refractivity contribution is 14.0. The zero-order valence-electron chi connectivity index (χ0n) is 15.3. The summed E-state index contributed by atoms with van der Waals surface area (Å²) in [5, 5.41) is 7.42. The van der Waals surface area contributed by atoms with Crippen LogP contribution in [0.2, 0.25) is 5.02 Å². The topological polar surface area (TPSA) is 45.6 Å². The Kier molecular flexibility index (Phi) is 11.3. The van der Waals surface area contributed by atoms with Gasteiger partial charge in [-0.25, -0.2) is 0 Å². The summed E-state index contributed by atoms with van der Waals surface area (Å²) in [5.74, 6) is 0.792. The van der Waals surface area contributed by atoms with E-state index in [4.69, 9.17) is 16.3 Å². The van der Waals surface area contributed by atoms with E-state index in [0.29, 0.717) is 6.61 Å². The molecule has 0 aliphatic carbocycles. The van der Waals surface area contributed by atoms with Gasteiger partial charge in [0.1, 0.15) is 0 Å². The number of halogens is 2. The Balaban J connectivity index is 0.00000338. The van der Waals surface area contributed by atoms with Gasteiger partial charge in [-0.05, 0) is 42.2 Å². The fourth-order valence-electron chi connectivity index (χ4n) is 2.40. The Hall–Kier alpha value is -1.31. The van der Waals surface area contributed by atoms with Gasteiger partial charge in [0.15, 0.2) is 5.96 Å². The van der Waals surface area contributed by atoms with Crippen molar-refractivity contribution in [1.29, 1.82) is 0 Å². The zero-order valence-corrected chi connectivity index (χ0v) is 18.4. The normalized spacial score (nSPS) is 11.0. The van der Waals surface area contributed by atoms with Crippen molar-refractivity contribution in [1.82, 2.24) is 10.6 Å². The number of aliphatic imine (C=N–C) groups is 1. The molecular weight excluding hydrogens is 461 g/mol. The van der Waals surface area contributed by atoms with Crippen molar-refractivity contribution in [2.45, 2.75) is 26.5 Å². The van der Waals surface area contributed by atoms with E-state index in [2.05, 4.69) is 46.0 Å². The van der Waals surface area contributed by atoms with Gasteiger partial charge in [0, 0.05) is 31.8 Å². The molecule has 0 unspecified atom stereocenters. The molecule has 0 fully saturated rings. The number of guanidine groups is 1. The van der Waals surface area contributed by atoms with Crippen molar-refractivity contribution in [3.05, 3.63) is 70.2 Å². The molecule has 0 saturated heterocycles. The van der Waals surface area contributed by atoms with E-state index < -0.39 is 0 Å². The van der Waals surface area contributed by atoms with Gasteiger partial charge >= 0.3 is 0 Å². The van der Waals surface area contributed by atoms with Crippen LogP contribution in [-0.2, 0) is 24.3 Å². The van der Waals surface area contributed by atoms with Crippen LogP contribution in [0.1, 0.15) is 23.6 Å². The smallest absolute Gasteiger partial charge is 0.191 e. The number of hydrogen-bond acceptors (Lipinski definition) is 2. The lowest BCUT2D eigenvalue weighted by molar-refractivity contribution is 0.134. The minimum Gasteiger partial charge on any atom is -0.377 e. The van der Waals surface area contributed by atoms with E-state index in [9.17, 15) is 0 Å². The molecule has 0 bridgehead atoms. The third-order valence-electron chi connectivity index (χ3n) is 3.77. The molecule has 2 rings (SSSR count). The van der Waals surface area contributed by atoms with E-state index in [1.165, 1.54) is 16.7 Å². The van der Waals surface area contributed by atoms with Crippen molar-refractivity contribution >= 4 is 41.5 Å². The van der Waals surface area contributed by atoms with Crippen LogP contribution in [-0.4, -0.2) is 26.2 Å². The lowest BCUT2D eigenvalue weighted by Gasteiger charge is -2.12. The van der Waals surface area contributed by atoms with Gasteiger partial charge in [0.05, 0.1) is 6.61 Å². The molecule has 2 aromatic rings. The summed E-state index contributed by atoms with van der Waals surface area (Å²) in [6, 6.07) is 16.3. The minimum atomic E-state index is 0. The predicted molar refractivity (Wildman–Crippen MR) is 121 cm³/mol. The molecule has 0 saturated carbocycles. The largest absolute Gasteiger partial charge is 0.377 e. The summed E-state index contributed by atoms with van der Waals surface area (Å²) >= 11 is 6.01. The molecule has 0 spiro atoms. The van der Waals surface area contributed by atoms with Gasteiger partial charge < -0.3 is 15.4 Å². The van der Waals surface area contributed by atoms with E-state index in [-0.39, 0.29) is 24.0 Å². The van der Waals surface area contributed by atoms with Crippen molar-refractivity contribution in [2.75, 3.05) is 20.2 Å². The second-order valence-electron chi connectivity index (χ2n) is 5.69. The van der Waals surface area contributed by atoms with Gasteiger partial charge in [-0.3, -0.25) is 4.99 Å². The first-order chi connectivity index (χ1) is 12.2. The maximum Gasteiger partial charge on any atom is 0.191 e. The average molecular weight is 488 g/mol. The first-order valence-electron chi connectivity index (χ1n) is 8.55. The number of benzene rings is 2. The molecule has 26 heavy (non-hydrogen) atoms. The molecule has 0 atom stereocenters. The van der Waals surface area contributed by atoms with Gasteiger partial charge in [0.25, 0.3) is 0 Å². The van der Waals surface area contributed by atoms with E-state index in [1.807, 2.05) is 25.1 Å². The molecule has 6 heteroatoms. The molecule has 0 aromatic heterocycles. The SMILES string of the molecule is CCOCc1ccc(CNC(=NC)NCCc2cccc(Cl)c2)cc1.I. The molecule has 2 aromatic carbocycles. The van der Waals surface area contributed by atoms with Gasteiger partial charge in [0.2, 0.25) is 0 Å². The lowest BCUT2D eigenvalue weighted by Crippen LogP contribution is -2.37. The fourth-order valence-corrected chi connectivity index (χ4v) is 2.61. The van der Waals surface area contributed by atoms with Crippen molar-refractivity contribution in [2.24, 2.45) is 4.99 Å². The van der Waals surface area contributed by atoms with Gasteiger partial charge in [-0.1, -0.05) is 48.0 Å². The standard InChI is InChI=1S/C20H26ClN3O.HI/c1-3-25-15-18-9-7-17(8-10-18)14-24-20(22-2)23-12-11-16-5-4-6-19(21)13-16;/h4-10,13H,3,11-12,14-15H2,1-2H3,(H2,22,23,24);1H. The molecular formula is C20H27ClIN3O. The van der Waals surface area contributed by atoms with Crippen LogP contribution < -0.4 is 10.6 Å². The Morgan fingerprint density at radius 3 is 2.42 bits per heavy atom. The van der Waals surface area contributed by atoms with E-state index in [0.717, 1.165) is 37.1 Å². The van der Waals surface area contributed by atoms with Crippen LogP contribution in [0.25, 0.3) is 0 Å². The molecule has 4 nitrogen and oxygen atoms in total. The third-order valence-corrected chi connectivity index (χ3v) is 4.01. The maximum atomic E-state index is 6.01. The number of nitrogens with zero attached hydrogens (tertiary/aromatic N) is 1. The summed E-state index contributed by atoms with van der Waals surface area (Å²) in [6.07, 6.45) is 0.896. The molecule has 142 valence electrons. The second kappa shape index (κ2) is 12.9.